The average molecular weight is 316 g/mol. The Morgan fingerprint density at radius 3 is 2.26 bits per heavy atom. The van der Waals surface area contributed by atoms with Gasteiger partial charge in [-0.2, -0.15) is 4.98 Å². The van der Waals surface area contributed by atoms with Gasteiger partial charge in [0.15, 0.2) is 6.10 Å². The largest absolute Gasteiger partial charge is 0.481 e. The zero-order valence-corrected chi connectivity index (χ0v) is 13.4. The summed E-state index contributed by atoms with van der Waals surface area (Å²) in [5.74, 6) is 0.559. The minimum Gasteiger partial charge on any atom is -0.481 e. The highest BCUT2D eigenvalue weighted by Crippen LogP contribution is 2.22. The van der Waals surface area contributed by atoms with Crippen molar-refractivity contribution in [2.24, 2.45) is 5.73 Å². The van der Waals surface area contributed by atoms with Gasteiger partial charge >= 0.3 is 6.01 Å². The molecule has 2 rings (SSSR count). The van der Waals surface area contributed by atoms with Crippen molar-refractivity contribution in [3.63, 3.8) is 0 Å². The number of benzene rings is 1. The maximum atomic E-state index is 11.0. The molecule has 1 atom stereocenters. The van der Waals surface area contributed by atoms with Crippen LogP contribution in [0.25, 0.3) is 0 Å². The number of aryl methyl sites for hydroxylation is 2. The van der Waals surface area contributed by atoms with E-state index in [0.717, 1.165) is 24.2 Å². The second-order valence-corrected chi connectivity index (χ2v) is 4.93. The van der Waals surface area contributed by atoms with E-state index in [0.29, 0.717) is 11.5 Å². The van der Waals surface area contributed by atoms with E-state index in [2.05, 4.69) is 15.2 Å². The number of nitrogens with zero attached hydrogens (tertiary/aromatic N) is 3. The molecule has 2 N–H and O–H groups in total. The van der Waals surface area contributed by atoms with Gasteiger partial charge in [-0.05, 0) is 44.0 Å². The smallest absolute Gasteiger partial charge is 0.341 e. The third-order valence-electron chi connectivity index (χ3n) is 3.24. The van der Waals surface area contributed by atoms with E-state index in [9.17, 15) is 4.79 Å². The van der Waals surface area contributed by atoms with Gasteiger partial charge in [-0.15, -0.1) is 5.10 Å². The minimum atomic E-state index is -0.692. The van der Waals surface area contributed by atoms with Crippen LogP contribution in [0.1, 0.15) is 32.2 Å². The van der Waals surface area contributed by atoms with E-state index in [4.69, 9.17) is 15.2 Å². The van der Waals surface area contributed by atoms with Gasteiger partial charge in [-0.25, -0.2) is 0 Å². The summed E-state index contributed by atoms with van der Waals surface area (Å²) in [5, 5.41) is 8.10. The lowest BCUT2D eigenvalue weighted by Gasteiger charge is -2.11. The number of ether oxygens (including phenoxy) is 2. The Bertz CT molecular complexity index is 674. The lowest BCUT2D eigenvalue weighted by Crippen LogP contribution is -2.30. The molecule has 1 aromatic carbocycles. The van der Waals surface area contributed by atoms with E-state index in [1.165, 1.54) is 0 Å². The highest BCUT2D eigenvalue weighted by atomic mass is 16.5. The predicted octanol–water partition coefficient (Wildman–Crippen LogP) is 2.04. The van der Waals surface area contributed by atoms with Gasteiger partial charge in [-0.3, -0.25) is 4.79 Å². The van der Waals surface area contributed by atoms with Gasteiger partial charge in [0, 0.05) is 0 Å². The molecule has 1 amide bonds. The molecule has 122 valence electrons. The topological polar surface area (TPSA) is 100 Å². The molecule has 0 saturated heterocycles. The Labute approximate surface area is 134 Å². The molecule has 2 aromatic rings. The predicted molar refractivity (Wildman–Crippen MR) is 84.4 cm³/mol. The van der Waals surface area contributed by atoms with Crippen molar-refractivity contribution < 1.29 is 14.3 Å². The monoisotopic (exact) mass is 316 g/mol. The quantitative estimate of drug-likeness (QED) is 0.839. The number of nitrogens with two attached hydrogens (primary N) is 1. The molecule has 0 radical (unpaired) electrons. The van der Waals surface area contributed by atoms with Crippen molar-refractivity contribution >= 4 is 5.91 Å². The van der Waals surface area contributed by atoms with Crippen molar-refractivity contribution in [1.82, 2.24) is 15.2 Å². The van der Waals surface area contributed by atoms with Crippen LogP contribution in [0.2, 0.25) is 0 Å². The van der Waals surface area contributed by atoms with Crippen LogP contribution in [0.3, 0.4) is 0 Å². The molecule has 0 saturated carbocycles. The fourth-order valence-electron chi connectivity index (χ4n) is 1.92. The normalized spacial score (nSPS) is 11.8. The molecule has 7 heteroatoms. The van der Waals surface area contributed by atoms with Gasteiger partial charge in [0.05, 0.1) is 11.4 Å². The number of primary amides is 1. The molecule has 0 aliphatic carbocycles. The second kappa shape index (κ2) is 7.53. The van der Waals surface area contributed by atoms with Gasteiger partial charge in [0.1, 0.15) is 11.5 Å². The van der Waals surface area contributed by atoms with E-state index >= 15 is 0 Å². The maximum absolute atomic E-state index is 11.0. The zero-order chi connectivity index (χ0) is 16.8. The summed E-state index contributed by atoms with van der Waals surface area (Å²) < 4.78 is 11.0. The molecule has 7 nitrogen and oxygen atoms in total. The van der Waals surface area contributed by atoms with Crippen LogP contribution in [-0.4, -0.2) is 27.2 Å². The van der Waals surface area contributed by atoms with Gasteiger partial charge in [0.2, 0.25) is 0 Å². The lowest BCUT2D eigenvalue weighted by atomic mass is 10.2. The highest BCUT2D eigenvalue weighted by molar-refractivity contribution is 5.78. The van der Waals surface area contributed by atoms with E-state index < -0.39 is 12.0 Å². The van der Waals surface area contributed by atoms with Crippen LogP contribution in [0, 0.1) is 0 Å². The third-order valence-corrected chi connectivity index (χ3v) is 3.24. The van der Waals surface area contributed by atoms with Crippen LogP contribution >= 0.6 is 0 Å². The molecule has 0 fully saturated rings. The summed E-state index contributed by atoms with van der Waals surface area (Å²) in [4.78, 5) is 15.3. The number of carbonyl (C=O) groups excluding carboxylic acids is 1. The number of hydrogen-bond donors (Lipinski definition) is 1. The summed E-state index contributed by atoms with van der Waals surface area (Å²) in [6.07, 6.45) is 0.864. The van der Waals surface area contributed by atoms with Crippen molar-refractivity contribution in [3.8, 4) is 17.5 Å². The van der Waals surface area contributed by atoms with Gasteiger partial charge in [0.25, 0.3) is 5.91 Å². The first-order chi connectivity index (χ1) is 11.0. The minimum absolute atomic E-state index is 0.207. The Balaban J connectivity index is 2.07. The average Bonchev–Trinajstić information content (AvgIpc) is 2.56. The number of amides is 1. The van der Waals surface area contributed by atoms with E-state index in [1.807, 2.05) is 13.8 Å². The first-order valence-corrected chi connectivity index (χ1v) is 7.49. The summed E-state index contributed by atoms with van der Waals surface area (Å²) in [5.41, 5.74) is 6.92. The fraction of sp³-hybridized carbons (Fsp3) is 0.375. The maximum Gasteiger partial charge on any atom is 0.341 e. The van der Waals surface area contributed by atoms with Crippen LogP contribution in [-0.2, 0) is 17.6 Å². The molecule has 23 heavy (non-hydrogen) atoms. The molecular weight excluding hydrogens is 296 g/mol. The van der Waals surface area contributed by atoms with Crippen molar-refractivity contribution in [2.75, 3.05) is 0 Å². The molecule has 0 aliphatic rings. The summed E-state index contributed by atoms with van der Waals surface area (Å²) in [7, 11) is 0. The van der Waals surface area contributed by atoms with E-state index in [1.54, 1.807) is 31.2 Å². The number of carbonyl (C=O) groups is 1. The Morgan fingerprint density at radius 1 is 1.09 bits per heavy atom. The van der Waals surface area contributed by atoms with Crippen molar-refractivity contribution in [3.05, 3.63) is 35.7 Å². The Kier molecular flexibility index (Phi) is 5.46. The van der Waals surface area contributed by atoms with Crippen LogP contribution in [0.4, 0.5) is 0 Å². The number of aromatic nitrogens is 3. The second-order valence-electron chi connectivity index (χ2n) is 4.93. The van der Waals surface area contributed by atoms with Crippen molar-refractivity contribution in [1.29, 1.82) is 0 Å². The lowest BCUT2D eigenvalue weighted by molar-refractivity contribution is -0.123. The molecule has 0 aliphatic heterocycles. The fourth-order valence-corrected chi connectivity index (χ4v) is 1.92. The summed E-state index contributed by atoms with van der Waals surface area (Å²) in [6.45, 7) is 5.62. The first kappa shape index (κ1) is 16.7. The van der Waals surface area contributed by atoms with Gasteiger partial charge < -0.3 is 15.2 Å². The first-order valence-electron chi connectivity index (χ1n) is 7.49. The Morgan fingerprint density at radius 2 is 1.70 bits per heavy atom. The Hall–Kier alpha value is -2.70. The molecule has 1 heterocycles. The molecule has 0 bridgehead atoms. The van der Waals surface area contributed by atoms with E-state index in [-0.39, 0.29) is 6.01 Å². The van der Waals surface area contributed by atoms with Crippen LogP contribution in [0.5, 0.6) is 17.5 Å². The number of rotatable bonds is 7. The molecule has 1 aromatic heterocycles. The SMILES string of the molecule is CCc1nnc(Oc2ccc(O[C@@H](C)C(N)=O)cc2)nc1CC. The number of hydrogen-bond acceptors (Lipinski definition) is 6. The highest BCUT2D eigenvalue weighted by Gasteiger charge is 2.11. The molecule has 0 spiro atoms. The third kappa shape index (κ3) is 4.38. The van der Waals surface area contributed by atoms with Crippen LogP contribution < -0.4 is 15.2 Å². The zero-order valence-electron chi connectivity index (χ0n) is 13.4. The van der Waals surface area contributed by atoms with Gasteiger partial charge in [-0.1, -0.05) is 18.9 Å². The standard InChI is InChI=1S/C16H20N4O3/c1-4-13-14(5-2)19-20-16(18-13)23-12-8-6-11(7-9-12)22-10(3)15(17)21/h6-10H,4-5H2,1-3H3,(H2,17,21)/t10-/m0/s1. The summed E-state index contributed by atoms with van der Waals surface area (Å²) in [6, 6.07) is 6.97. The molecular formula is C16H20N4O3. The van der Waals surface area contributed by atoms with Crippen molar-refractivity contribution in [2.45, 2.75) is 39.7 Å². The summed E-state index contributed by atoms with van der Waals surface area (Å²) >= 11 is 0. The van der Waals surface area contributed by atoms with Crippen LogP contribution in [0.15, 0.2) is 24.3 Å². The molecule has 0 unspecified atom stereocenters.